The van der Waals surface area contributed by atoms with Gasteiger partial charge >= 0.3 is 0 Å². The number of amides is 1. The lowest BCUT2D eigenvalue weighted by Gasteiger charge is -2.46. The second kappa shape index (κ2) is 9.18. The molecule has 0 radical (unpaired) electrons. The Morgan fingerprint density at radius 1 is 1.16 bits per heavy atom. The molecule has 2 aliphatic rings. The van der Waals surface area contributed by atoms with Gasteiger partial charge in [-0.15, -0.1) is 0 Å². The molecule has 2 aromatic rings. The highest BCUT2D eigenvalue weighted by Crippen LogP contribution is 2.48. The molecular weight excluding hydrogens is 402 g/mol. The maximum Gasteiger partial charge on any atom is 0.253 e. The zero-order valence-corrected chi connectivity index (χ0v) is 19.9. The van der Waals surface area contributed by atoms with Gasteiger partial charge in [-0.3, -0.25) is 4.79 Å². The first-order valence-corrected chi connectivity index (χ1v) is 11.8. The van der Waals surface area contributed by atoms with E-state index in [2.05, 4.69) is 23.8 Å². The van der Waals surface area contributed by atoms with E-state index >= 15 is 0 Å². The predicted octanol–water partition coefficient (Wildman–Crippen LogP) is 4.91. The van der Waals surface area contributed by atoms with E-state index < -0.39 is 0 Å². The fraction of sp³-hybridized carbons (Fsp3) is 0.577. The van der Waals surface area contributed by atoms with Gasteiger partial charge in [-0.25, -0.2) is 9.97 Å². The fourth-order valence-electron chi connectivity index (χ4n) is 5.08. The third-order valence-corrected chi connectivity index (χ3v) is 6.67. The van der Waals surface area contributed by atoms with Gasteiger partial charge in [0.05, 0.1) is 24.0 Å². The molecule has 1 aliphatic heterocycles. The molecule has 1 aromatic heterocycles. The van der Waals surface area contributed by atoms with Crippen LogP contribution in [0.3, 0.4) is 0 Å². The number of ether oxygens (including phenoxy) is 2. The quantitative estimate of drug-likeness (QED) is 0.665. The molecule has 6 heteroatoms. The van der Waals surface area contributed by atoms with Crippen molar-refractivity contribution in [3.63, 3.8) is 0 Å². The lowest BCUT2D eigenvalue weighted by atomic mass is 9.66. The Bertz CT molecular complexity index is 965. The van der Waals surface area contributed by atoms with Crippen molar-refractivity contribution in [3.05, 3.63) is 53.1 Å². The van der Waals surface area contributed by atoms with Gasteiger partial charge in [-0.2, -0.15) is 0 Å². The second-order valence-electron chi connectivity index (χ2n) is 9.92. The Morgan fingerprint density at radius 2 is 1.91 bits per heavy atom. The van der Waals surface area contributed by atoms with Crippen molar-refractivity contribution in [1.29, 1.82) is 0 Å². The molecule has 32 heavy (non-hydrogen) atoms. The Morgan fingerprint density at radius 3 is 2.56 bits per heavy atom. The number of hydrogen-bond donors (Lipinski definition) is 0. The van der Waals surface area contributed by atoms with E-state index in [1.165, 1.54) is 0 Å². The predicted molar refractivity (Wildman–Crippen MR) is 124 cm³/mol. The highest BCUT2D eigenvalue weighted by atomic mass is 16.5. The van der Waals surface area contributed by atoms with Gasteiger partial charge in [0.1, 0.15) is 12.1 Å². The van der Waals surface area contributed by atoms with E-state index in [0.717, 1.165) is 66.9 Å². The van der Waals surface area contributed by atoms with Crippen molar-refractivity contribution in [3.8, 4) is 5.75 Å². The number of piperidine rings is 1. The highest BCUT2D eigenvalue weighted by molar-refractivity contribution is 5.94. The van der Waals surface area contributed by atoms with Crippen molar-refractivity contribution < 1.29 is 14.3 Å². The van der Waals surface area contributed by atoms with Crippen molar-refractivity contribution in [2.75, 3.05) is 13.1 Å². The number of aryl methyl sites for hydroxylation is 1. The number of carbonyl (C=O) groups is 1. The molecule has 0 N–H and O–H groups in total. The van der Waals surface area contributed by atoms with E-state index in [-0.39, 0.29) is 29.6 Å². The molecule has 1 fully saturated rings. The highest BCUT2D eigenvalue weighted by Gasteiger charge is 2.43. The van der Waals surface area contributed by atoms with E-state index in [1.807, 2.05) is 50.1 Å². The molecule has 1 aromatic carbocycles. The number of benzene rings is 1. The maximum absolute atomic E-state index is 13.2. The molecule has 6 nitrogen and oxygen atoms in total. The van der Waals surface area contributed by atoms with E-state index in [0.29, 0.717) is 0 Å². The second-order valence-corrected chi connectivity index (χ2v) is 9.92. The molecule has 1 aliphatic carbocycles. The molecule has 1 atom stereocenters. The topological polar surface area (TPSA) is 64.6 Å². The summed E-state index contributed by atoms with van der Waals surface area (Å²) >= 11 is 0. The van der Waals surface area contributed by atoms with Gasteiger partial charge < -0.3 is 14.4 Å². The molecular formula is C26H35N3O3. The van der Waals surface area contributed by atoms with Crippen LogP contribution in [0.4, 0.5) is 0 Å². The smallest absolute Gasteiger partial charge is 0.253 e. The number of aromatic nitrogens is 2. The van der Waals surface area contributed by atoms with Crippen LogP contribution >= 0.6 is 0 Å². The molecule has 172 valence electrons. The molecule has 4 rings (SSSR count). The Balaban J connectivity index is 1.45. The first kappa shape index (κ1) is 22.7. The maximum atomic E-state index is 13.2. The first-order chi connectivity index (χ1) is 15.3. The summed E-state index contributed by atoms with van der Waals surface area (Å²) in [5.41, 5.74) is 4.09. The molecule has 1 unspecified atom stereocenters. The summed E-state index contributed by atoms with van der Waals surface area (Å²) < 4.78 is 12.1. The van der Waals surface area contributed by atoms with Crippen LogP contribution in [0.5, 0.6) is 5.75 Å². The van der Waals surface area contributed by atoms with Crippen LogP contribution in [-0.4, -0.2) is 46.1 Å². The van der Waals surface area contributed by atoms with Crippen LogP contribution in [0.15, 0.2) is 30.7 Å². The molecule has 1 amide bonds. The van der Waals surface area contributed by atoms with Gasteiger partial charge in [0.2, 0.25) is 0 Å². The fourth-order valence-corrected chi connectivity index (χ4v) is 5.08. The van der Waals surface area contributed by atoms with Crippen molar-refractivity contribution in [2.45, 2.75) is 78.6 Å². The van der Waals surface area contributed by atoms with Gasteiger partial charge in [-0.1, -0.05) is 0 Å². The Kier molecular flexibility index (Phi) is 6.52. The van der Waals surface area contributed by atoms with Crippen LogP contribution in [0, 0.1) is 12.3 Å². The number of rotatable bonds is 5. The minimum Gasteiger partial charge on any atom is -0.491 e. The van der Waals surface area contributed by atoms with Crippen LogP contribution in [0.1, 0.15) is 80.2 Å². The summed E-state index contributed by atoms with van der Waals surface area (Å²) in [6.45, 7) is 11.7. The number of nitrogens with zero attached hydrogens (tertiary/aromatic N) is 3. The lowest BCUT2D eigenvalue weighted by molar-refractivity contribution is -0.0446. The largest absolute Gasteiger partial charge is 0.491 e. The first-order valence-electron chi connectivity index (χ1n) is 11.8. The summed E-state index contributed by atoms with van der Waals surface area (Å²) in [6.07, 6.45) is 7.67. The minimum atomic E-state index is 0.0263. The summed E-state index contributed by atoms with van der Waals surface area (Å²) in [7, 11) is 0. The van der Waals surface area contributed by atoms with Gasteiger partial charge in [-0.05, 0) is 89.5 Å². The van der Waals surface area contributed by atoms with Gasteiger partial charge in [0.25, 0.3) is 5.91 Å². The molecule has 2 heterocycles. The third-order valence-electron chi connectivity index (χ3n) is 6.67. The molecule has 0 saturated carbocycles. The van der Waals surface area contributed by atoms with Crippen LogP contribution in [-0.2, 0) is 11.2 Å². The monoisotopic (exact) mass is 437 g/mol. The van der Waals surface area contributed by atoms with Crippen molar-refractivity contribution >= 4 is 5.91 Å². The molecule has 1 saturated heterocycles. The van der Waals surface area contributed by atoms with E-state index in [1.54, 1.807) is 6.33 Å². The van der Waals surface area contributed by atoms with Crippen LogP contribution in [0.2, 0.25) is 0 Å². The number of carbonyl (C=O) groups excluding carboxylic acids is 1. The van der Waals surface area contributed by atoms with Gasteiger partial charge in [0.15, 0.2) is 0 Å². The average Bonchev–Trinajstić information content (AvgIpc) is 2.74. The van der Waals surface area contributed by atoms with Crippen LogP contribution < -0.4 is 4.74 Å². The Hall–Kier alpha value is -2.47. The zero-order chi connectivity index (χ0) is 22.9. The number of hydrogen-bond acceptors (Lipinski definition) is 5. The summed E-state index contributed by atoms with van der Waals surface area (Å²) in [5, 5.41) is 0. The Labute approximate surface area is 191 Å². The lowest BCUT2D eigenvalue weighted by Crippen LogP contribution is -2.46. The van der Waals surface area contributed by atoms with E-state index in [9.17, 15) is 4.79 Å². The summed E-state index contributed by atoms with van der Waals surface area (Å²) in [6, 6.07) is 5.75. The number of likely N-dealkylation sites (tertiary alicyclic amines) is 1. The number of fused-ring (bicyclic) bond motifs is 1. The zero-order valence-electron chi connectivity index (χ0n) is 19.9. The van der Waals surface area contributed by atoms with Crippen molar-refractivity contribution in [2.24, 2.45) is 5.41 Å². The molecule has 1 spiro atoms. The average molecular weight is 438 g/mol. The minimum absolute atomic E-state index is 0.0263. The van der Waals surface area contributed by atoms with Crippen molar-refractivity contribution in [1.82, 2.24) is 14.9 Å². The third kappa shape index (κ3) is 4.80. The van der Waals surface area contributed by atoms with E-state index in [4.69, 9.17) is 9.47 Å². The summed E-state index contributed by atoms with van der Waals surface area (Å²) in [4.78, 5) is 24.0. The van der Waals surface area contributed by atoms with Crippen LogP contribution in [0.25, 0.3) is 0 Å². The standard InChI is InChI=1S/C26H35N3O3/c1-17(2)31-23-7-6-20(12-19(23)5)25(30)29-10-8-26(9-11-29)13-22-21(15-27-16-28-22)24(14-26)32-18(3)4/h6-7,12,15-18,24H,8-11,13-14H2,1-5H3. The SMILES string of the molecule is Cc1cc(C(=O)N2CCC3(CC2)Cc2ncncc2C(OC(C)C)C3)ccc1OC(C)C. The molecule has 0 bridgehead atoms. The summed E-state index contributed by atoms with van der Waals surface area (Å²) in [5.74, 6) is 0.945. The normalized spacial score (nSPS) is 20.0. The van der Waals surface area contributed by atoms with Gasteiger partial charge in [0, 0.05) is 30.4 Å².